The van der Waals surface area contributed by atoms with Crippen LogP contribution in [-0.2, 0) is 26.2 Å². The molecule has 8 nitrogen and oxygen atoms in total. The number of rotatable bonds is 12. The van der Waals surface area contributed by atoms with Gasteiger partial charge in [-0.2, -0.15) is 0 Å². The molecule has 2 aromatic rings. The summed E-state index contributed by atoms with van der Waals surface area (Å²) < 4.78 is 31.6. The Labute approximate surface area is 209 Å². The van der Waals surface area contributed by atoms with Gasteiger partial charge >= 0.3 is 0 Å². The van der Waals surface area contributed by atoms with Crippen molar-refractivity contribution >= 4 is 27.5 Å². The van der Waals surface area contributed by atoms with E-state index in [0.29, 0.717) is 24.4 Å². The summed E-state index contributed by atoms with van der Waals surface area (Å²) in [5.74, 6) is 0.00501. The summed E-state index contributed by atoms with van der Waals surface area (Å²) in [7, 11) is -2.31. The van der Waals surface area contributed by atoms with Crippen molar-refractivity contribution < 1.29 is 22.7 Å². The first-order valence-corrected chi connectivity index (χ1v) is 13.6. The van der Waals surface area contributed by atoms with Crippen LogP contribution in [0.4, 0.5) is 5.69 Å². The van der Waals surface area contributed by atoms with E-state index in [1.54, 1.807) is 24.3 Å². The van der Waals surface area contributed by atoms with Crippen LogP contribution in [0.15, 0.2) is 48.5 Å². The number of nitrogens with one attached hydrogen (secondary N) is 1. The zero-order chi connectivity index (χ0) is 26.2. The number of benzene rings is 2. The van der Waals surface area contributed by atoms with Gasteiger partial charge in [0, 0.05) is 19.2 Å². The molecule has 0 heterocycles. The molecule has 192 valence electrons. The first-order chi connectivity index (χ1) is 16.5. The molecule has 2 amide bonds. The predicted molar refractivity (Wildman–Crippen MR) is 139 cm³/mol. The van der Waals surface area contributed by atoms with E-state index < -0.39 is 28.5 Å². The van der Waals surface area contributed by atoms with Crippen LogP contribution in [0.2, 0.25) is 0 Å². The molecule has 0 spiro atoms. The lowest BCUT2D eigenvalue weighted by molar-refractivity contribution is -0.140. The highest BCUT2D eigenvalue weighted by Crippen LogP contribution is 2.24. The van der Waals surface area contributed by atoms with Crippen molar-refractivity contribution in [2.75, 3.05) is 30.8 Å². The van der Waals surface area contributed by atoms with Gasteiger partial charge in [-0.05, 0) is 37.0 Å². The second-order valence-electron chi connectivity index (χ2n) is 9.04. The van der Waals surface area contributed by atoms with E-state index in [4.69, 9.17) is 4.74 Å². The van der Waals surface area contributed by atoms with Gasteiger partial charge in [0.15, 0.2) is 0 Å². The van der Waals surface area contributed by atoms with Crippen molar-refractivity contribution in [2.45, 2.75) is 46.7 Å². The van der Waals surface area contributed by atoms with Crippen LogP contribution in [0.3, 0.4) is 0 Å². The number of aryl methyl sites for hydroxylation is 1. The Morgan fingerprint density at radius 3 is 2.29 bits per heavy atom. The van der Waals surface area contributed by atoms with Crippen molar-refractivity contribution in [1.82, 2.24) is 10.2 Å². The summed E-state index contributed by atoms with van der Waals surface area (Å²) in [6.07, 6.45) is 1.44. The first kappa shape index (κ1) is 28.2. The van der Waals surface area contributed by atoms with E-state index in [9.17, 15) is 18.0 Å². The summed E-state index contributed by atoms with van der Waals surface area (Å²) >= 11 is 0. The van der Waals surface area contributed by atoms with E-state index >= 15 is 0 Å². The number of amides is 2. The van der Waals surface area contributed by atoms with E-state index in [1.165, 1.54) is 12.0 Å². The Morgan fingerprint density at radius 1 is 1.09 bits per heavy atom. The molecule has 0 aliphatic heterocycles. The standard InChI is InChI=1S/C26H37N3O5S/c1-7-24(26(31)27-16-19(2)3)28(17-21-13-11-20(4)12-14-21)25(30)18-29(35(6,32)33)22-9-8-10-23(15-22)34-5/h8-15,19,24H,7,16-18H2,1-6H3,(H,27,31)/t24-/m0/s1. The maximum atomic E-state index is 13.7. The number of carbonyl (C=O) groups is 2. The molecule has 0 aliphatic carbocycles. The van der Waals surface area contributed by atoms with Crippen molar-refractivity contribution in [3.05, 3.63) is 59.7 Å². The number of hydrogen-bond donors (Lipinski definition) is 1. The van der Waals surface area contributed by atoms with Gasteiger partial charge in [0.2, 0.25) is 21.8 Å². The van der Waals surface area contributed by atoms with Gasteiger partial charge in [0.1, 0.15) is 18.3 Å². The third kappa shape index (κ3) is 8.28. The lowest BCUT2D eigenvalue weighted by Gasteiger charge is -2.33. The molecule has 0 aromatic heterocycles. The molecule has 0 saturated heterocycles. The number of hydrogen-bond acceptors (Lipinski definition) is 5. The molecule has 1 N–H and O–H groups in total. The number of ether oxygens (including phenoxy) is 1. The fourth-order valence-electron chi connectivity index (χ4n) is 3.61. The lowest BCUT2D eigenvalue weighted by atomic mass is 10.1. The highest BCUT2D eigenvalue weighted by Gasteiger charge is 2.31. The third-order valence-electron chi connectivity index (χ3n) is 5.56. The summed E-state index contributed by atoms with van der Waals surface area (Å²) in [5.41, 5.74) is 2.24. The molecule has 9 heteroatoms. The summed E-state index contributed by atoms with van der Waals surface area (Å²) in [5, 5.41) is 2.91. The fraction of sp³-hybridized carbons (Fsp3) is 0.462. The van der Waals surface area contributed by atoms with Crippen molar-refractivity contribution in [3.63, 3.8) is 0 Å². The number of methoxy groups -OCH3 is 1. The van der Waals surface area contributed by atoms with Crippen molar-refractivity contribution in [3.8, 4) is 5.75 Å². The third-order valence-corrected chi connectivity index (χ3v) is 6.71. The smallest absolute Gasteiger partial charge is 0.244 e. The summed E-state index contributed by atoms with van der Waals surface area (Å²) in [6.45, 7) is 8.03. The molecule has 0 aliphatic rings. The molecule has 2 aromatic carbocycles. The Morgan fingerprint density at radius 2 is 1.74 bits per heavy atom. The van der Waals surface area contributed by atoms with Crippen LogP contribution in [0.25, 0.3) is 0 Å². The van der Waals surface area contributed by atoms with Crippen molar-refractivity contribution in [2.24, 2.45) is 5.92 Å². The van der Waals surface area contributed by atoms with Crippen LogP contribution in [0, 0.1) is 12.8 Å². The lowest BCUT2D eigenvalue weighted by Crippen LogP contribution is -2.52. The van der Waals surface area contributed by atoms with E-state index in [0.717, 1.165) is 21.7 Å². The molecule has 0 unspecified atom stereocenters. The van der Waals surface area contributed by atoms with Gasteiger partial charge in [0.25, 0.3) is 0 Å². The Kier molecular flexibility index (Phi) is 10.1. The number of nitrogens with zero attached hydrogens (tertiary/aromatic N) is 2. The van der Waals surface area contributed by atoms with Gasteiger partial charge in [-0.3, -0.25) is 13.9 Å². The van der Waals surface area contributed by atoms with Crippen LogP contribution < -0.4 is 14.4 Å². The molecular weight excluding hydrogens is 466 g/mol. The molecule has 0 saturated carbocycles. The van der Waals surface area contributed by atoms with Gasteiger partial charge < -0.3 is 15.0 Å². The Hall–Kier alpha value is -3.07. The predicted octanol–water partition coefficient (Wildman–Crippen LogP) is 3.35. The highest BCUT2D eigenvalue weighted by atomic mass is 32.2. The minimum absolute atomic E-state index is 0.183. The maximum absolute atomic E-state index is 13.7. The van der Waals surface area contributed by atoms with Gasteiger partial charge in [0.05, 0.1) is 19.1 Å². The Bertz CT molecular complexity index is 1100. The van der Waals surface area contributed by atoms with Gasteiger partial charge in [-0.1, -0.05) is 56.7 Å². The van der Waals surface area contributed by atoms with Crippen LogP contribution in [-0.4, -0.2) is 57.6 Å². The number of anilines is 1. The zero-order valence-electron chi connectivity index (χ0n) is 21.4. The van der Waals surface area contributed by atoms with E-state index in [2.05, 4.69) is 5.32 Å². The second kappa shape index (κ2) is 12.6. The molecule has 1 atom stereocenters. The minimum Gasteiger partial charge on any atom is -0.497 e. The normalized spacial score (nSPS) is 12.2. The minimum atomic E-state index is -3.79. The topological polar surface area (TPSA) is 96.0 Å². The average Bonchev–Trinajstić information content (AvgIpc) is 2.81. The first-order valence-electron chi connectivity index (χ1n) is 11.7. The molecule has 0 fully saturated rings. The molecule has 35 heavy (non-hydrogen) atoms. The number of carbonyl (C=O) groups excluding carboxylic acids is 2. The molecule has 0 radical (unpaired) electrons. The number of sulfonamides is 1. The maximum Gasteiger partial charge on any atom is 0.244 e. The van der Waals surface area contributed by atoms with Crippen LogP contribution in [0.1, 0.15) is 38.3 Å². The summed E-state index contributed by atoms with van der Waals surface area (Å²) in [6, 6.07) is 13.5. The Balaban J connectivity index is 2.42. The molecule has 2 rings (SSSR count). The van der Waals surface area contributed by atoms with Crippen molar-refractivity contribution in [1.29, 1.82) is 0 Å². The average molecular weight is 504 g/mol. The second-order valence-corrected chi connectivity index (χ2v) is 10.9. The fourth-order valence-corrected chi connectivity index (χ4v) is 4.45. The van der Waals surface area contributed by atoms with Crippen LogP contribution >= 0.6 is 0 Å². The quantitative estimate of drug-likeness (QED) is 0.479. The summed E-state index contributed by atoms with van der Waals surface area (Å²) in [4.78, 5) is 28.2. The molecule has 0 bridgehead atoms. The largest absolute Gasteiger partial charge is 0.497 e. The van der Waals surface area contributed by atoms with Crippen LogP contribution in [0.5, 0.6) is 5.75 Å². The zero-order valence-corrected chi connectivity index (χ0v) is 22.3. The highest BCUT2D eigenvalue weighted by molar-refractivity contribution is 7.92. The monoisotopic (exact) mass is 503 g/mol. The van der Waals surface area contributed by atoms with Gasteiger partial charge in [-0.15, -0.1) is 0 Å². The van der Waals surface area contributed by atoms with E-state index in [1.807, 2.05) is 52.0 Å². The SMILES string of the molecule is CC[C@@H](C(=O)NCC(C)C)N(Cc1ccc(C)cc1)C(=O)CN(c1cccc(OC)c1)S(C)(=O)=O. The molecular formula is C26H37N3O5S. The van der Waals surface area contributed by atoms with Gasteiger partial charge in [-0.25, -0.2) is 8.42 Å². The van der Waals surface area contributed by atoms with E-state index in [-0.39, 0.29) is 18.4 Å².